The Hall–Kier alpha value is -0.650. The zero-order chi connectivity index (χ0) is 12.1. The van der Waals surface area contributed by atoms with Crippen LogP contribution in [0.5, 0.6) is 0 Å². The van der Waals surface area contributed by atoms with E-state index < -0.39 is 12.4 Å². The summed E-state index contributed by atoms with van der Waals surface area (Å²) in [6, 6.07) is 0. The number of rotatable bonds is 7. The number of ether oxygens (including phenoxy) is 3. The van der Waals surface area contributed by atoms with Crippen LogP contribution in [0.25, 0.3) is 0 Å². The summed E-state index contributed by atoms with van der Waals surface area (Å²) in [6.45, 7) is 8.70. The van der Waals surface area contributed by atoms with Gasteiger partial charge in [0.1, 0.15) is 0 Å². The molecule has 0 rings (SSSR count). The molecule has 0 aliphatic heterocycles. The second-order valence-electron chi connectivity index (χ2n) is 2.40. The van der Waals surface area contributed by atoms with E-state index in [0.717, 1.165) is 0 Å². The number of aliphatic carboxylic acids is 1. The summed E-state index contributed by atoms with van der Waals surface area (Å²) in [5.41, 5.74) is 0. The summed E-state index contributed by atoms with van der Waals surface area (Å²) in [5.74, 6) is -0.745. The molecule has 5 nitrogen and oxygen atoms in total. The highest BCUT2D eigenvalue weighted by Gasteiger charge is 2.04. The van der Waals surface area contributed by atoms with Gasteiger partial charge < -0.3 is 19.3 Å². The summed E-state index contributed by atoms with van der Waals surface area (Å²) in [6.07, 6.45) is 0.222. The number of carboxylic acids is 1. The standard InChI is InChI=1S/C7H16O3.C3H6O2/c1-4-8-7(9-5-2)10-6-3;1-2-3(4)5/h7H,4-6H2,1-3H3;2H2,1H3,(H,4,5). The Kier molecular flexibility index (Phi) is 14.9. The summed E-state index contributed by atoms with van der Waals surface area (Å²) < 4.78 is 15.2. The van der Waals surface area contributed by atoms with Gasteiger partial charge in [-0.1, -0.05) is 6.92 Å². The highest BCUT2D eigenvalue weighted by molar-refractivity contribution is 5.66. The quantitative estimate of drug-likeness (QED) is 0.666. The molecule has 1 N–H and O–H groups in total. The molecule has 0 aromatic heterocycles. The SMILES string of the molecule is CCC(=O)O.CCOC(OCC)OCC. The Bertz CT molecular complexity index is 124. The molecule has 0 atom stereocenters. The number of carboxylic acid groups (broad SMARTS) is 1. The van der Waals surface area contributed by atoms with E-state index in [1.54, 1.807) is 6.92 Å². The Morgan fingerprint density at radius 3 is 1.40 bits per heavy atom. The van der Waals surface area contributed by atoms with Crippen molar-refractivity contribution in [3.63, 3.8) is 0 Å². The molecule has 92 valence electrons. The molecule has 0 aromatic carbocycles. The van der Waals surface area contributed by atoms with Crippen molar-refractivity contribution in [2.75, 3.05) is 19.8 Å². The van der Waals surface area contributed by atoms with Gasteiger partial charge >= 0.3 is 5.97 Å². The topological polar surface area (TPSA) is 65.0 Å². The van der Waals surface area contributed by atoms with Crippen molar-refractivity contribution in [2.24, 2.45) is 0 Å². The van der Waals surface area contributed by atoms with Gasteiger partial charge in [-0.2, -0.15) is 0 Å². The molecule has 0 saturated heterocycles. The van der Waals surface area contributed by atoms with Gasteiger partial charge in [-0.15, -0.1) is 0 Å². The van der Waals surface area contributed by atoms with Gasteiger partial charge in [-0.25, -0.2) is 0 Å². The Morgan fingerprint density at radius 2 is 1.27 bits per heavy atom. The summed E-state index contributed by atoms with van der Waals surface area (Å²) >= 11 is 0. The molecule has 0 bridgehead atoms. The Balaban J connectivity index is 0. The molecular formula is C10H22O5. The van der Waals surface area contributed by atoms with Crippen molar-refractivity contribution in [1.82, 2.24) is 0 Å². The van der Waals surface area contributed by atoms with Crippen molar-refractivity contribution < 1.29 is 24.1 Å². The average molecular weight is 222 g/mol. The van der Waals surface area contributed by atoms with Gasteiger partial charge in [-0.05, 0) is 20.8 Å². The van der Waals surface area contributed by atoms with E-state index in [1.165, 1.54) is 0 Å². The maximum atomic E-state index is 9.37. The minimum absolute atomic E-state index is 0.222. The Morgan fingerprint density at radius 1 is 1.00 bits per heavy atom. The lowest BCUT2D eigenvalue weighted by molar-refractivity contribution is -0.282. The smallest absolute Gasteiger partial charge is 0.303 e. The van der Waals surface area contributed by atoms with E-state index in [1.807, 2.05) is 20.8 Å². The predicted molar refractivity (Wildman–Crippen MR) is 56.6 cm³/mol. The van der Waals surface area contributed by atoms with E-state index >= 15 is 0 Å². The fraction of sp³-hybridized carbons (Fsp3) is 0.900. The number of hydrogen-bond acceptors (Lipinski definition) is 4. The first-order valence-corrected chi connectivity index (χ1v) is 5.18. The molecule has 0 unspecified atom stereocenters. The van der Waals surface area contributed by atoms with Crippen molar-refractivity contribution in [1.29, 1.82) is 0 Å². The highest BCUT2D eigenvalue weighted by atomic mass is 16.8. The summed E-state index contributed by atoms with van der Waals surface area (Å²) in [5, 5.41) is 7.72. The first kappa shape index (κ1) is 16.8. The third-order valence-corrected chi connectivity index (χ3v) is 1.21. The number of hydrogen-bond donors (Lipinski definition) is 1. The lowest BCUT2D eigenvalue weighted by Gasteiger charge is -2.15. The first-order chi connectivity index (χ1) is 7.12. The van der Waals surface area contributed by atoms with Gasteiger partial charge in [-0.3, -0.25) is 4.79 Å². The Labute approximate surface area is 91.3 Å². The van der Waals surface area contributed by atoms with Crippen molar-refractivity contribution in [2.45, 2.75) is 40.6 Å². The van der Waals surface area contributed by atoms with E-state index in [9.17, 15) is 4.79 Å². The van der Waals surface area contributed by atoms with Gasteiger partial charge in [0.05, 0.1) is 0 Å². The average Bonchev–Trinajstić information content (AvgIpc) is 2.20. The van der Waals surface area contributed by atoms with Gasteiger partial charge in [0.25, 0.3) is 6.48 Å². The van der Waals surface area contributed by atoms with Crippen LogP contribution in [-0.4, -0.2) is 37.4 Å². The van der Waals surface area contributed by atoms with E-state index in [0.29, 0.717) is 19.8 Å². The largest absolute Gasteiger partial charge is 0.481 e. The van der Waals surface area contributed by atoms with Crippen LogP contribution in [0.4, 0.5) is 0 Å². The normalized spacial score (nSPS) is 9.67. The molecule has 0 aliphatic rings. The molecule has 5 heteroatoms. The molecule has 0 fully saturated rings. The fourth-order valence-electron chi connectivity index (χ4n) is 0.553. The molecule has 0 aromatic rings. The molecule has 0 saturated carbocycles. The van der Waals surface area contributed by atoms with Gasteiger partial charge in [0.2, 0.25) is 0 Å². The monoisotopic (exact) mass is 222 g/mol. The van der Waals surface area contributed by atoms with E-state index in [2.05, 4.69) is 0 Å². The maximum Gasteiger partial charge on any atom is 0.303 e. The van der Waals surface area contributed by atoms with E-state index in [-0.39, 0.29) is 6.42 Å². The fourth-order valence-corrected chi connectivity index (χ4v) is 0.553. The third-order valence-electron chi connectivity index (χ3n) is 1.21. The predicted octanol–water partition coefficient (Wildman–Crippen LogP) is 1.86. The molecule has 0 spiro atoms. The van der Waals surface area contributed by atoms with Crippen LogP contribution in [0.1, 0.15) is 34.1 Å². The van der Waals surface area contributed by atoms with Crippen LogP contribution in [0.2, 0.25) is 0 Å². The van der Waals surface area contributed by atoms with Crippen LogP contribution in [0.15, 0.2) is 0 Å². The maximum absolute atomic E-state index is 9.37. The first-order valence-electron chi connectivity index (χ1n) is 5.18. The van der Waals surface area contributed by atoms with Crippen LogP contribution in [0.3, 0.4) is 0 Å². The molecule has 0 heterocycles. The van der Waals surface area contributed by atoms with Crippen LogP contribution < -0.4 is 0 Å². The zero-order valence-electron chi connectivity index (χ0n) is 9.99. The number of carbonyl (C=O) groups is 1. The summed E-state index contributed by atoms with van der Waals surface area (Å²) in [4.78, 5) is 9.37. The lowest BCUT2D eigenvalue weighted by Crippen LogP contribution is -2.20. The molecular weight excluding hydrogens is 200 g/mol. The van der Waals surface area contributed by atoms with Gasteiger partial charge in [0, 0.05) is 26.2 Å². The highest BCUT2D eigenvalue weighted by Crippen LogP contribution is 1.95. The second kappa shape index (κ2) is 13.4. The summed E-state index contributed by atoms with van der Waals surface area (Å²) in [7, 11) is 0. The van der Waals surface area contributed by atoms with Crippen molar-refractivity contribution in [3.05, 3.63) is 0 Å². The zero-order valence-corrected chi connectivity index (χ0v) is 9.99. The second-order valence-corrected chi connectivity index (χ2v) is 2.40. The van der Waals surface area contributed by atoms with Crippen LogP contribution >= 0.6 is 0 Å². The third kappa shape index (κ3) is 16.1. The van der Waals surface area contributed by atoms with Crippen LogP contribution in [-0.2, 0) is 19.0 Å². The minimum atomic E-state index is -0.745. The minimum Gasteiger partial charge on any atom is -0.481 e. The van der Waals surface area contributed by atoms with Gasteiger partial charge in [0.15, 0.2) is 0 Å². The molecule has 0 aliphatic carbocycles. The van der Waals surface area contributed by atoms with Crippen molar-refractivity contribution in [3.8, 4) is 0 Å². The lowest BCUT2D eigenvalue weighted by atomic mass is 10.5. The molecule has 0 radical (unpaired) electrons. The van der Waals surface area contributed by atoms with E-state index in [4.69, 9.17) is 19.3 Å². The molecule has 0 amide bonds. The van der Waals surface area contributed by atoms with Crippen LogP contribution in [0, 0.1) is 0 Å². The molecule has 15 heavy (non-hydrogen) atoms. The van der Waals surface area contributed by atoms with Crippen molar-refractivity contribution >= 4 is 5.97 Å².